The Morgan fingerprint density at radius 2 is 0.385 bits per heavy atom. The summed E-state index contributed by atoms with van der Waals surface area (Å²) in [6, 6.07) is 0. The molecule has 0 saturated heterocycles. The van der Waals surface area contributed by atoms with Gasteiger partial charge >= 0.3 is 25.8 Å². The van der Waals surface area contributed by atoms with E-state index in [1.807, 2.05) is 56.4 Å². The minimum absolute atomic E-state index is 0. The smallest absolute Gasteiger partial charge is 0.323 e. The molecule has 0 heterocycles. The molecule has 0 rings (SSSR count). The second kappa shape index (κ2) is 78.6. The van der Waals surface area contributed by atoms with E-state index >= 15 is 0 Å². The average Bonchev–Trinajstić information content (AvgIpc) is 1.92. The van der Waals surface area contributed by atoms with Crippen molar-refractivity contribution in [1.29, 1.82) is 0 Å². The van der Waals surface area contributed by atoms with Gasteiger partial charge in [-0.05, 0) is 56.4 Å². The molecule has 4 N–H and O–H groups in total. The summed E-state index contributed by atoms with van der Waals surface area (Å²) in [4.78, 5) is 0. The average molecular weight is 359 g/mol. The predicted molar refractivity (Wildman–Crippen MR) is 59.9 cm³/mol. The van der Waals surface area contributed by atoms with Crippen LogP contribution < -0.4 is 21.3 Å². The van der Waals surface area contributed by atoms with E-state index in [-0.39, 0.29) is 25.8 Å². The Balaban J connectivity index is -0.0000000213. The number of rotatable bonds is 0. The molecule has 13 heavy (non-hydrogen) atoms. The van der Waals surface area contributed by atoms with Crippen LogP contribution in [-0.2, 0) is 25.8 Å². The summed E-state index contributed by atoms with van der Waals surface area (Å²) in [5.41, 5.74) is 0. The second-order valence-corrected chi connectivity index (χ2v) is 2.00. The predicted octanol–water partition coefficient (Wildman–Crippen LogP) is -0.660. The first-order valence-corrected chi connectivity index (χ1v) is 4.00. The van der Waals surface area contributed by atoms with E-state index in [9.17, 15) is 0 Å². The quantitative estimate of drug-likeness (QED) is 0.434. The molecule has 0 aliphatic heterocycles. The fraction of sp³-hybridized carbons (Fsp3) is 1.00. The Kier molecular flexibility index (Phi) is 176. The van der Waals surface area contributed by atoms with Crippen LogP contribution in [0.3, 0.4) is 0 Å². The Morgan fingerprint density at radius 1 is 0.385 bits per heavy atom. The molecule has 0 aromatic rings. The van der Waals surface area contributed by atoms with Crippen molar-refractivity contribution in [3.63, 3.8) is 0 Å². The molecule has 0 radical (unpaired) electrons. The summed E-state index contributed by atoms with van der Waals surface area (Å²) in [7, 11) is 15.0. The van der Waals surface area contributed by atoms with Gasteiger partial charge < -0.3 is 21.3 Å². The van der Waals surface area contributed by atoms with Gasteiger partial charge in [0.15, 0.2) is 0 Å². The third-order valence-electron chi connectivity index (χ3n) is 0. The van der Waals surface area contributed by atoms with E-state index in [1.54, 1.807) is 0 Å². The SMILES string of the molecule is CNC.CNC.CNC.CNC.[Hf+4]. The molecule has 5 heteroatoms. The van der Waals surface area contributed by atoms with Crippen LogP contribution in [0.15, 0.2) is 0 Å². The van der Waals surface area contributed by atoms with Gasteiger partial charge in [0.05, 0.1) is 0 Å². The minimum atomic E-state index is 0. The molecule has 0 unspecified atom stereocenters. The molecule has 0 fully saturated rings. The van der Waals surface area contributed by atoms with Gasteiger partial charge in [-0.25, -0.2) is 0 Å². The molecular weight excluding hydrogens is 331 g/mol. The van der Waals surface area contributed by atoms with E-state index in [0.29, 0.717) is 0 Å². The second-order valence-electron chi connectivity index (χ2n) is 2.00. The van der Waals surface area contributed by atoms with Crippen LogP contribution in [0.5, 0.6) is 0 Å². The van der Waals surface area contributed by atoms with Crippen molar-refractivity contribution in [2.45, 2.75) is 0 Å². The fourth-order valence-electron chi connectivity index (χ4n) is 0. The summed E-state index contributed by atoms with van der Waals surface area (Å²) >= 11 is 0. The van der Waals surface area contributed by atoms with Crippen molar-refractivity contribution < 1.29 is 25.8 Å². The molecule has 80 valence electrons. The van der Waals surface area contributed by atoms with Crippen LogP contribution in [0.1, 0.15) is 0 Å². The van der Waals surface area contributed by atoms with Gasteiger partial charge in [-0.2, -0.15) is 0 Å². The Morgan fingerprint density at radius 3 is 0.385 bits per heavy atom. The fourth-order valence-corrected chi connectivity index (χ4v) is 0. The first kappa shape index (κ1) is 29.2. The maximum atomic E-state index is 2.75. The van der Waals surface area contributed by atoms with Gasteiger partial charge in [-0.15, -0.1) is 0 Å². The maximum Gasteiger partial charge on any atom is 4.00 e. The largest absolute Gasteiger partial charge is 4.00 e. The molecule has 0 spiro atoms. The van der Waals surface area contributed by atoms with E-state index in [1.165, 1.54) is 0 Å². The summed E-state index contributed by atoms with van der Waals surface area (Å²) in [6.45, 7) is 0. The van der Waals surface area contributed by atoms with Gasteiger partial charge in [0.1, 0.15) is 0 Å². The van der Waals surface area contributed by atoms with Gasteiger partial charge in [0.2, 0.25) is 0 Å². The molecule has 4 nitrogen and oxygen atoms in total. The van der Waals surface area contributed by atoms with Gasteiger partial charge in [0, 0.05) is 0 Å². The number of nitrogens with one attached hydrogen (secondary N) is 4. The zero-order valence-electron chi connectivity index (χ0n) is 10.5. The molecule has 0 bridgehead atoms. The van der Waals surface area contributed by atoms with Crippen molar-refractivity contribution in [2.75, 3.05) is 56.4 Å². The van der Waals surface area contributed by atoms with Crippen molar-refractivity contribution in [3.8, 4) is 0 Å². The number of hydrogen-bond donors (Lipinski definition) is 4. The Labute approximate surface area is 103 Å². The first-order chi connectivity index (χ1) is 5.66. The maximum absolute atomic E-state index is 2.75. The topological polar surface area (TPSA) is 48.1 Å². The van der Waals surface area contributed by atoms with Crippen LogP contribution in [0, 0.1) is 0 Å². The van der Waals surface area contributed by atoms with E-state index in [2.05, 4.69) is 21.3 Å². The normalized spacial score (nSPS) is 5.54. The molecule has 0 saturated carbocycles. The minimum Gasteiger partial charge on any atom is -0.323 e. The third kappa shape index (κ3) is 2890. The Hall–Kier alpha value is 0.710. The van der Waals surface area contributed by atoms with Crippen LogP contribution in [0.25, 0.3) is 0 Å². The number of hydrogen-bond acceptors (Lipinski definition) is 4. The molecular formula is C8H28HfN4+4. The van der Waals surface area contributed by atoms with Crippen LogP contribution in [0.2, 0.25) is 0 Å². The zero-order chi connectivity index (χ0) is 10.8. The summed E-state index contributed by atoms with van der Waals surface area (Å²) < 4.78 is 0. The van der Waals surface area contributed by atoms with Gasteiger partial charge in [0.25, 0.3) is 0 Å². The first-order valence-electron chi connectivity index (χ1n) is 4.00. The van der Waals surface area contributed by atoms with Crippen molar-refractivity contribution in [1.82, 2.24) is 21.3 Å². The van der Waals surface area contributed by atoms with Crippen LogP contribution >= 0.6 is 0 Å². The van der Waals surface area contributed by atoms with Gasteiger partial charge in [-0.1, -0.05) is 0 Å². The van der Waals surface area contributed by atoms with E-state index in [4.69, 9.17) is 0 Å². The molecule has 0 atom stereocenters. The Bertz CT molecular complexity index is 24.1. The van der Waals surface area contributed by atoms with E-state index in [0.717, 1.165) is 0 Å². The van der Waals surface area contributed by atoms with Gasteiger partial charge in [-0.3, -0.25) is 0 Å². The van der Waals surface area contributed by atoms with Crippen molar-refractivity contribution in [2.24, 2.45) is 0 Å². The monoisotopic (exact) mass is 360 g/mol. The van der Waals surface area contributed by atoms with E-state index < -0.39 is 0 Å². The van der Waals surface area contributed by atoms with Crippen molar-refractivity contribution >= 4 is 0 Å². The molecule has 0 aromatic carbocycles. The van der Waals surface area contributed by atoms with Crippen LogP contribution in [-0.4, -0.2) is 56.4 Å². The zero-order valence-corrected chi connectivity index (χ0v) is 14.1. The third-order valence-corrected chi connectivity index (χ3v) is 0. The molecule has 0 aliphatic rings. The summed E-state index contributed by atoms with van der Waals surface area (Å²) in [6.07, 6.45) is 0. The molecule has 0 amide bonds. The standard InChI is InChI=1S/4C2H7N.Hf/c4*1-3-2;/h4*3H,1-2H3;/q;;;;+4. The van der Waals surface area contributed by atoms with Crippen LogP contribution in [0.4, 0.5) is 0 Å². The summed E-state index contributed by atoms with van der Waals surface area (Å²) in [5, 5.41) is 11.0. The molecule has 0 aromatic heterocycles. The van der Waals surface area contributed by atoms with Crippen molar-refractivity contribution in [3.05, 3.63) is 0 Å². The summed E-state index contributed by atoms with van der Waals surface area (Å²) in [5.74, 6) is 0. The molecule has 0 aliphatic carbocycles.